The second-order valence-electron chi connectivity index (χ2n) is 15.9. The summed E-state index contributed by atoms with van der Waals surface area (Å²) in [5.74, 6) is 0. The topological polar surface area (TPSA) is 20.2 Å². The maximum absolute atomic E-state index is 10.6. The molecule has 0 aromatic heterocycles. The molecule has 0 aromatic rings. The molecule has 1 N–H and O–H groups in total. The summed E-state index contributed by atoms with van der Waals surface area (Å²) in [4.78, 5) is 0. The first-order valence-corrected chi connectivity index (χ1v) is 20.4. The third-order valence-corrected chi connectivity index (χ3v) is 11.1. The van der Waals surface area contributed by atoms with Crippen LogP contribution in [0.25, 0.3) is 0 Å². The highest BCUT2D eigenvalue weighted by molar-refractivity contribution is 5.31. The quantitative estimate of drug-likeness (QED) is 0.0637. The van der Waals surface area contributed by atoms with Crippen LogP contribution in [0.4, 0.5) is 0 Å². The Morgan fingerprint density at radius 2 is 0.588 bits per heavy atom. The fraction of sp³-hybridized carbons (Fsp3) is 0.600. The molecule has 0 radical (unpaired) electrons. The average Bonchev–Trinajstić information content (AvgIpc) is 3.08. The maximum Gasteiger partial charge on any atom is 0.0800 e. The predicted molar refractivity (Wildman–Crippen MR) is 233 cm³/mol. The Kier molecular flexibility index (Phi) is 27.4. The van der Waals surface area contributed by atoms with Gasteiger partial charge in [0.15, 0.2) is 0 Å². The van der Waals surface area contributed by atoms with E-state index in [1.54, 1.807) is 0 Å². The summed E-state index contributed by atoms with van der Waals surface area (Å²) in [6.45, 7) is 24.1. The van der Waals surface area contributed by atoms with Gasteiger partial charge >= 0.3 is 0 Å². The normalized spacial score (nSPS) is 15.1. The molecule has 0 bridgehead atoms. The lowest BCUT2D eigenvalue weighted by atomic mass is 9.59. The Labute approximate surface area is 319 Å². The molecule has 0 saturated carbocycles. The molecule has 0 fully saturated rings. The van der Waals surface area contributed by atoms with Crippen LogP contribution in [0, 0.1) is 10.8 Å². The molecule has 0 unspecified atom stereocenters. The van der Waals surface area contributed by atoms with Crippen LogP contribution < -0.4 is 0 Å². The highest BCUT2D eigenvalue weighted by Gasteiger charge is 2.41. The first-order valence-electron chi connectivity index (χ1n) is 20.4. The van der Waals surface area contributed by atoms with Crippen molar-refractivity contribution in [1.29, 1.82) is 0 Å². The van der Waals surface area contributed by atoms with Crippen LogP contribution in [0.2, 0.25) is 0 Å². The molecule has 0 spiro atoms. The van der Waals surface area contributed by atoms with Gasteiger partial charge < -0.3 is 5.11 Å². The predicted octanol–water partition coefficient (Wildman–Crippen LogP) is 16.2. The van der Waals surface area contributed by atoms with Crippen molar-refractivity contribution in [2.24, 2.45) is 10.8 Å². The van der Waals surface area contributed by atoms with E-state index in [4.69, 9.17) is 0 Å². The van der Waals surface area contributed by atoms with E-state index in [0.29, 0.717) is 0 Å². The molecule has 1 heteroatoms. The first-order chi connectivity index (χ1) is 24.2. The third-order valence-electron chi connectivity index (χ3n) is 11.1. The summed E-state index contributed by atoms with van der Waals surface area (Å²) in [5, 5.41) is 10.6. The minimum atomic E-state index is -0.792. The zero-order chi connectivity index (χ0) is 38.4. The van der Waals surface area contributed by atoms with Crippen LogP contribution in [-0.2, 0) is 0 Å². The van der Waals surface area contributed by atoms with Crippen LogP contribution in [0.15, 0.2) is 120 Å². The number of unbranched alkanes of at least 4 members (excludes halogenated alkanes) is 7. The molecule has 0 rings (SSSR count). The van der Waals surface area contributed by atoms with Crippen molar-refractivity contribution in [3.8, 4) is 0 Å². The Morgan fingerprint density at radius 3 is 0.843 bits per heavy atom. The summed E-state index contributed by atoms with van der Waals surface area (Å²) in [5.41, 5.74) is 4.46. The van der Waals surface area contributed by atoms with Crippen molar-refractivity contribution >= 4 is 0 Å². The number of hydrogen-bond donors (Lipinski definition) is 1. The van der Waals surface area contributed by atoms with E-state index in [2.05, 4.69) is 160 Å². The van der Waals surface area contributed by atoms with Gasteiger partial charge in [-0.2, -0.15) is 0 Å². The Bertz CT molecular complexity index is 1210. The van der Waals surface area contributed by atoms with Gasteiger partial charge in [0.1, 0.15) is 0 Å². The van der Waals surface area contributed by atoms with Crippen LogP contribution in [0.5, 0.6) is 0 Å². The number of aliphatic hydroxyl groups is 1. The largest absolute Gasteiger partial charge is 0.386 e. The van der Waals surface area contributed by atoms with Gasteiger partial charge in [0.2, 0.25) is 0 Å². The molecule has 51 heavy (non-hydrogen) atoms. The smallest absolute Gasteiger partial charge is 0.0800 e. The van der Waals surface area contributed by atoms with Gasteiger partial charge in [-0.25, -0.2) is 0 Å². The van der Waals surface area contributed by atoms with Crippen LogP contribution >= 0.6 is 0 Å². The molecule has 0 amide bonds. The lowest BCUT2D eigenvalue weighted by molar-refractivity contribution is 0.111. The van der Waals surface area contributed by atoms with Crippen molar-refractivity contribution in [3.63, 3.8) is 0 Å². The van der Waals surface area contributed by atoms with Crippen molar-refractivity contribution in [3.05, 3.63) is 120 Å². The van der Waals surface area contributed by atoms with E-state index in [-0.39, 0.29) is 10.8 Å². The van der Waals surface area contributed by atoms with Gasteiger partial charge in [-0.05, 0) is 168 Å². The average molecular weight is 699 g/mol. The van der Waals surface area contributed by atoms with E-state index < -0.39 is 5.60 Å². The Balaban J connectivity index is 4.04. The van der Waals surface area contributed by atoms with E-state index in [0.717, 1.165) is 108 Å². The molecule has 0 heterocycles. The van der Waals surface area contributed by atoms with Gasteiger partial charge in [0.25, 0.3) is 0 Å². The zero-order valence-electron chi connectivity index (χ0n) is 35.5. The van der Waals surface area contributed by atoms with Crippen molar-refractivity contribution < 1.29 is 5.11 Å². The number of hydrogen-bond acceptors (Lipinski definition) is 1. The summed E-state index contributed by atoms with van der Waals surface area (Å²) in [6, 6.07) is 0. The van der Waals surface area contributed by atoms with Crippen LogP contribution in [0.1, 0.15) is 179 Å². The van der Waals surface area contributed by atoms with Gasteiger partial charge in [-0.1, -0.05) is 142 Å². The van der Waals surface area contributed by atoms with Crippen molar-refractivity contribution in [2.45, 2.75) is 184 Å². The zero-order valence-corrected chi connectivity index (χ0v) is 35.5. The van der Waals surface area contributed by atoms with E-state index in [1.807, 2.05) is 13.8 Å². The first kappa shape index (κ1) is 48.4. The molecule has 1 nitrogen and oxygen atoms in total. The number of allylic oxidation sites excluding steroid dienone is 19. The van der Waals surface area contributed by atoms with E-state index in [9.17, 15) is 5.11 Å². The minimum Gasteiger partial charge on any atom is -0.386 e. The fourth-order valence-electron chi connectivity index (χ4n) is 6.05. The molecule has 0 atom stereocenters. The highest BCUT2D eigenvalue weighted by Crippen LogP contribution is 2.51. The van der Waals surface area contributed by atoms with Gasteiger partial charge in [0, 0.05) is 0 Å². The highest BCUT2D eigenvalue weighted by atomic mass is 16.3. The monoisotopic (exact) mass is 699 g/mol. The van der Waals surface area contributed by atoms with Gasteiger partial charge in [-0.15, -0.1) is 0 Å². The second kappa shape index (κ2) is 28.9. The fourth-order valence-corrected chi connectivity index (χ4v) is 6.05. The van der Waals surface area contributed by atoms with Gasteiger partial charge in [-0.3, -0.25) is 0 Å². The summed E-state index contributed by atoms with van der Waals surface area (Å²) in [6.07, 6.45) is 55.2. The van der Waals surface area contributed by atoms with Crippen LogP contribution in [0.3, 0.4) is 0 Å². The third kappa shape index (κ3) is 22.8. The summed E-state index contributed by atoms with van der Waals surface area (Å²) < 4.78 is 0. The molecular formula is C50H82O. The molecular weight excluding hydrogens is 617 g/mol. The maximum atomic E-state index is 10.6. The molecule has 0 aliphatic rings. The molecule has 288 valence electrons. The second-order valence-corrected chi connectivity index (χ2v) is 15.9. The van der Waals surface area contributed by atoms with Crippen molar-refractivity contribution in [1.82, 2.24) is 0 Å². The lowest BCUT2D eigenvalue weighted by Gasteiger charge is -2.46. The minimum absolute atomic E-state index is 0.00590. The molecule has 0 aliphatic heterocycles. The lowest BCUT2D eigenvalue weighted by Crippen LogP contribution is -2.37. The summed E-state index contributed by atoms with van der Waals surface area (Å²) in [7, 11) is 0. The SMILES string of the molecule is CC=CCCC=CCCC=CCCC=CCCC=CCCC=CCCC=CCCC=CCCC(C)=C(C)C(C)(C)C(C)(C)C(C)=C(C)C(C)(C)O. The Hall–Kier alpha value is -2.64. The van der Waals surface area contributed by atoms with Crippen LogP contribution in [-0.4, -0.2) is 10.7 Å². The molecule has 0 aromatic carbocycles. The standard InChI is InChI=1S/C50H82O/c1-12-13-14-15-16-17-18-19-20-21-22-23-24-25-26-27-28-29-30-31-32-33-34-35-36-37-38-39-40-41-42-43-44(2)45(3)48(6,7)49(8,9)46(4)47(5)50(10,11)51/h12-13,16-17,20-21,24-25,28-29,32-33,36-37,40-41,51H,14-15,18-19,22-23,26-27,30-31,34-35,38-39,42-43H2,1-11H3. The molecule has 0 saturated heterocycles. The van der Waals surface area contributed by atoms with Crippen molar-refractivity contribution in [2.75, 3.05) is 0 Å². The summed E-state index contributed by atoms with van der Waals surface area (Å²) >= 11 is 0. The number of rotatable bonds is 28. The Morgan fingerprint density at radius 1 is 0.353 bits per heavy atom. The van der Waals surface area contributed by atoms with E-state index in [1.165, 1.54) is 16.7 Å². The molecule has 0 aliphatic carbocycles. The van der Waals surface area contributed by atoms with Gasteiger partial charge in [0.05, 0.1) is 5.60 Å². The van der Waals surface area contributed by atoms with E-state index >= 15 is 0 Å².